The molecule has 0 unspecified atom stereocenters. The van der Waals surface area contributed by atoms with Crippen LogP contribution in [0.1, 0.15) is 31.2 Å². The van der Waals surface area contributed by atoms with Crippen LogP contribution in [0.2, 0.25) is 0 Å². The normalized spacial score (nSPS) is 13.5. The number of aryl methyl sites for hydroxylation is 1. The molecule has 2 amide bonds. The lowest BCUT2D eigenvalue weighted by atomic mass is 10.1. The summed E-state index contributed by atoms with van der Waals surface area (Å²) in [5.41, 5.74) is -0.264. The molecule has 2 aromatic rings. The van der Waals surface area contributed by atoms with E-state index in [1.165, 1.54) is 19.2 Å². The summed E-state index contributed by atoms with van der Waals surface area (Å²) in [5, 5.41) is 2.72. The van der Waals surface area contributed by atoms with Gasteiger partial charge in [0.25, 0.3) is 17.4 Å². The fourth-order valence-corrected chi connectivity index (χ4v) is 2.05. The van der Waals surface area contributed by atoms with Crippen molar-refractivity contribution >= 4 is 17.8 Å². The van der Waals surface area contributed by atoms with Crippen LogP contribution in [0.25, 0.3) is 0 Å². The zero-order valence-electron chi connectivity index (χ0n) is 10.8. The van der Waals surface area contributed by atoms with E-state index in [0.717, 1.165) is 10.7 Å². The van der Waals surface area contributed by atoms with Gasteiger partial charge in [0, 0.05) is 13.1 Å². The van der Waals surface area contributed by atoms with Crippen molar-refractivity contribution in [3.63, 3.8) is 0 Å². The molecular weight excluding hydrogens is 278 g/mol. The molecular formula is C13H9N3O5. The van der Waals surface area contributed by atoms with Crippen molar-refractivity contribution in [2.45, 2.75) is 0 Å². The zero-order valence-corrected chi connectivity index (χ0v) is 10.8. The SMILES string of the molecule is Cn1[nH]c(=O)cc1C(=O)ON1C(=O)c2ccccc2C1=O. The largest absolute Gasteiger partial charge is 0.381 e. The van der Waals surface area contributed by atoms with Crippen LogP contribution < -0.4 is 5.56 Å². The number of rotatable bonds is 2. The highest BCUT2D eigenvalue weighted by atomic mass is 16.7. The standard InChI is InChI=1S/C13H9N3O5/c1-15-9(6-10(17)14-15)13(20)21-16-11(18)7-4-2-3-5-8(7)12(16)19/h2-6H,1H3,(H,14,17). The number of nitrogens with zero attached hydrogens (tertiary/aromatic N) is 2. The van der Waals surface area contributed by atoms with Gasteiger partial charge in [0.15, 0.2) is 5.69 Å². The van der Waals surface area contributed by atoms with E-state index < -0.39 is 23.3 Å². The Morgan fingerprint density at radius 2 is 1.67 bits per heavy atom. The average molecular weight is 287 g/mol. The summed E-state index contributed by atoms with van der Waals surface area (Å²) in [6, 6.07) is 7.15. The first-order valence-electron chi connectivity index (χ1n) is 5.95. The molecule has 0 saturated heterocycles. The van der Waals surface area contributed by atoms with Gasteiger partial charge in [0.1, 0.15) is 0 Å². The highest BCUT2D eigenvalue weighted by molar-refractivity contribution is 6.21. The molecule has 1 aliphatic rings. The smallest absolute Gasteiger partial charge is 0.323 e. The van der Waals surface area contributed by atoms with Crippen LogP contribution in [0.5, 0.6) is 0 Å². The Hall–Kier alpha value is -3.16. The van der Waals surface area contributed by atoms with Gasteiger partial charge in [-0.05, 0) is 12.1 Å². The number of hydrogen-bond acceptors (Lipinski definition) is 5. The molecule has 1 aromatic carbocycles. The molecule has 106 valence electrons. The van der Waals surface area contributed by atoms with Gasteiger partial charge in [-0.3, -0.25) is 24.2 Å². The molecule has 21 heavy (non-hydrogen) atoms. The summed E-state index contributed by atoms with van der Waals surface area (Å²) >= 11 is 0. The minimum absolute atomic E-state index is 0.100. The predicted molar refractivity (Wildman–Crippen MR) is 68.4 cm³/mol. The molecule has 0 bridgehead atoms. The van der Waals surface area contributed by atoms with Gasteiger partial charge >= 0.3 is 5.97 Å². The number of H-pyrrole nitrogens is 1. The third-order valence-corrected chi connectivity index (χ3v) is 3.05. The summed E-state index contributed by atoms with van der Waals surface area (Å²) in [6.45, 7) is 0. The van der Waals surface area contributed by atoms with Gasteiger partial charge in [0.2, 0.25) is 0 Å². The molecule has 0 atom stereocenters. The molecule has 0 spiro atoms. The van der Waals surface area contributed by atoms with E-state index in [9.17, 15) is 19.2 Å². The molecule has 0 radical (unpaired) electrons. The van der Waals surface area contributed by atoms with Crippen molar-refractivity contribution in [3.05, 3.63) is 57.5 Å². The number of carbonyl (C=O) groups excluding carboxylic acids is 3. The van der Waals surface area contributed by atoms with Crippen LogP contribution in [0, 0.1) is 0 Å². The maximum atomic E-state index is 12.0. The maximum absolute atomic E-state index is 12.0. The fraction of sp³-hybridized carbons (Fsp3) is 0.0769. The number of fused-ring (bicyclic) bond motifs is 1. The predicted octanol–water partition coefficient (Wildman–Crippen LogP) is 0.0814. The van der Waals surface area contributed by atoms with Crippen molar-refractivity contribution in [1.82, 2.24) is 14.8 Å². The van der Waals surface area contributed by atoms with E-state index in [0.29, 0.717) is 5.06 Å². The van der Waals surface area contributed by atoms with E-state index >= 15 is 0 Å². The summed E-state index contributed by atoms with van der Waals surface area (Å²) < 4.78 is 1.14. The molecule has 0 fully saturated rings. The molecule has 2 heterocycles. The number of aromatic nitrogens is 2. The third-order valence-electron chi connectivity index (χ3n) is 3.05. The Labute approximate surface area is 117 Å². The van der Waals surface area contributed by atoms with Gasteiger partial charge in [-0.15, -0.1) is 0 Å². The van der Waals surface area contributed by atoms with Crippen molar-refractivity contribution in [2.75, 3.05) is 0 Å². The van der Waals surface area contributed by atoms with Crippen molar-refractivity contribution in [3.8, 4) is 0 Å². The number of benzene rings is 1. The van der Waals surface area contributed by atoms with Crippen molar-refractivity contribution in [2.24, 2.45) is 7.05 Å². The number of aromatic amines is 1. The maximum Gasteiger partial charge on any atom is 0.381 e. The quantitative estimate of drug-likeness (QED) is 0.788. The summed E-state index contributed by atoms with van der Waals surface area (Å²) in [7, 11) is 1.43. The van der Waals surface area contributed by atoms with Crippen molar-refractivity contribution < 1.29 is 19.2 Å². The summed E-state index contributed by atoms with van der Waals surface area (Å²) in [5.74, 6) is -2.42. The molecule has 0 aliphatic carbocycles. The highest BCUT2D eigenvalue weighted by Gasteiger charge is 2.39. The van der Waals surface area contributed by atoms with Crippen molar-refractivity contribution in [1.29, 1.82) is 0 Å². The third kappa shape index (κ3) is 1.93. The number of hydroxylamine groups is 2. The molecule has 1 aromatic heterocycles. The van der Waals surface area contributed by atoms with Gasteiger partial charge in [-0.25, -0.2) is 4.79 Å². The molecule has 3 rings (SSSR count). The number of hydrogen-bond donors (Lipinski definition) is 1. The second-order valence-corrected chi connectivity index (χ2v) is 4.39. The van der Waals surface area contributed by atoms with E-state index in [1.54, 1.807) is 12.1 Å². The topological polar surface area (TPSA) is 101 Å². The Balaban J connectivity index is 1.89. The lowest BCUT2D eigenvalue weighted by Gasteiger charge is -2.12. The van der Waals surface area contributed by atoms with Gasteiger partial charge in [0.05, 0.1) is 11.1 Å². The minimum atomic E-state index is -0.981. The highest BCUT2D eigenvalue weighted by Crippen LogP contribution is 2.23. The van der Waals surface area contributed by atoms with Crippen LogP contribution in [0.3, 0.4) is 0 Å². The summed E-state index contributed by atoms with van der Waals surface area (Å²) in [4.78, 5) is 51.9. The van der Waals surface area contributed by atoms with Crippen LogP contribution in [-0.2, 0) is 11.9 Å². The molecule has 0 saturated carbocycles. The van der Waals surface area contributed by atoms with Gasteiger partial charge < -0.3 is 4.84 Å². The number of amides is 2. The Morgan fingerprint density at radius 3 is 2.14 bits per heavy atom. The van der Waals surface area contributed by atoms with E-state index in [1.807, 2.05) is 0 Å². The Morgan fingerprint density at radius 1 is 1.10 bits per heavy atom. The van der Waals surface area contributed by atoms with Gasteiger partial charge in [-0.1, -0.05) is 17.2 Å². The lowest BCUT2D eigenvalue weighted by molar-refractivity contribution is -0.0591. The first-order chi connectivity index (χ1) is 9.99. The number of nitrogens with one attached hydrogen (secondary N) is 1. The first-order valence-corrected chi connectivity index (χ1v) is 5.95. The monoisotopic (exact) mass is 287 g/mol. The lowest BCUT2D eigenvalue weighted by Crippen LogP contribution is -2.33. The van der Waals surface area contributed by atoms with Crippen LogP contribution in [0.4, 0.5) is 0 Å². The average Bonchev–Trinajstić information content (AvgIpc) is 2.92. The fourth-order valence-electron chi connectivity index (χ4n) is 2.05. The van der Waals surface area contributed by atoms with Crippen LogP contribution >= 0.6 is 0 Å². The van der Waals surface area contributed by atoms with Crippen LogP contribution in [-0.4, -0.2) is 32.6 Å². The van der Waals surface area contributed by atoms with Gasteiger partial charge in [-0.2, -0.15) is 0 Å². The number of carbonyl (C=O) groups is 3. The molecule has 8 nitrogen and oxygen atoms in total. The molecule has 1 N–H and O–H groups in total. The molecule has 1 aliphatic heterocycles. The van der Waals surface area contributed by atoms with E-state index in [-0.39, 0.29) is 16.8 Å². The second kappa shape index (κ2) is 4.44. The first kappa shape index (κ1) is 12.9. The molecule has 8 heteroatoms. The second-order valence-electron chi connectivity index (χ2n) is 4.39. The van der Waals surface area contributed by atoms with E-state index in [2.05, 4.69) is 5.10 Å². The number of imide groups is 1. The Kier molecular flexibility index (Phi) is 2.72. The van der Waals surface area contributed by atoms with Crippen LogP contribution in [0.15, 0.2) is 35.1 Å². The van der Waals surface area contributed by atoms with E-state index in [4.69, 9.17) is 4.84 Å². The minimum Gasteiger partial charge on any atom is -0.323 e. The Bertz CT molecular complexity index is 797. The summed E-state index contributed by atoms with van der Waals surface area (Å²) in [6.07, 6.45) is 0. The zero-order chi connectivity index (χ0) is 15.1.